The van der Waals surface area contributed by atoms with Gasteiger partial charge in [-0.3, -0.25) is 14.4 Å². The highest BCUT2D eigenvalue weighted by Gasteiger charge is 2.22. The van der Waals surface area contributed by atoms with Crippen LogP contribution in [0.1, 0.15) is 62.7 Å². The summed E-state index contributed by atoms with van der Waals surface area (Å²) in [4.78, 5) is 35.7. The number of carbonyl (C=O) groups is 3. The average molecular weight is 368 g/mol. The largest absolute Gasteiger partial charge is 0.481 e. The third-order valence-electron chi connectivity index (χ3n) is 4.38. The van der Waals surface area contributed by atoms with Crippen molar-refractivity contribution in [3.8, 4) is 0 Å². The minimum atomic E-state index is -0.991. The fourth-order valence-corrected chi connectivity index (χ4v) is 2.86. The number of amides is 1. The van der Waals surface area contributed by atoms with Gasteiger partial charge in [0, 0.05) is 23.4 Å². The molecule has 2 N–H and O–H groups in total. The summed E-state index contributed by atoms with van der Waals surface area (Å²) in [6, 6.07) is 5.63. The van der Waals surface area contributed by atoms with E-state index >= 15 is 0 Å². The van der Waals surface area contributed by atoms with E-state index in [1.165, 1.54) is 6.07 Å². The van der Waals surface area contributed by atoms with E-state index < -0.39 is 17.9 Å². The number of halogens is 1. The summed E-state index contributed by atoms with van der Waals surface area (Å²) in [5, 5.41) is 12.0. The lowest BCUT2D eigenvalue weighted by molar-refractivity contribution is -0.137. The Hall–Kier alpha value is -1.88. The van der Waals surface area contributed by atoms with Crippen molar-refractivity contribution in [1.82, 2.24) is 5.32 Å². The van der Waals surface area contributed by atoms with Gasteiger partial charge in [0.05, 0.1) is 6.04 Å². The summed E-state index contributed by atoms with van der Waals surface area (Å²) >= 11 is 5.88. The summed E-state index contributed by atoms with van der Waals surface area (Å²) in [7, 11) is 0. The van der Waals surface area contributed by atoms with Crippen LogP contribution in [0.2, 0.25) is 5.02 Å². The zero-order chi connectivity index (χ0) is 18.8. The maximum Gasteiger partial charge on any atom is 0.303 e. The molecular weight excluding hydrogens is 342 g/mol. The van der Waals surface area contributed by atoms with Gasteiger partial charge in [0.15, 0.2) is 5.78 Å². The number of carbonyl (C=O) groups excluding carboxylic acids is 2. The minimum absolute atomic E-state index is 0.0867. The molecule has 0 heterocycles. The molecule has 1 aromatic carbocycles. The molecule has 0 saturated carbocycles. The molecule has 0 bridgehead atoms. The van der Waals surface area contributed by atoms with Gasteiger partial charge in [0.2, 0.25) is 0 Å². The number of benzene rings is 1. The Bertz CT molecular complexity index is 599. The van der Waals surface area contributed by atoms with Gasteiger partial charge >= 0.3 is 5.97 Å². The summed E-state index contributed by atoms with van der Waals surface area (Å²) < 4.78 is 0. The van der Waals surface area contributed by atoms with Crippen molar-refractivity contribution < 1.29 is 19.5 Å². The molecule has 6 heteroatoms. The van der Waals surface area contributed by atoms with E-state index in [2.05, 4.69) is 19.2 Å². The van der Waals surface area contributed by atoms with Gasteiger partial charge in [-0.05, 0) is 37.0 Å². The van der Waals surface area contributed by atoms with Crippen LogP contribution < -0.4 is 5.32 Å². The molecule has 0 fully saturated rings. The molecule has 5 nitrogen and oxygen atoms in total. The van der Waals surface area contributed by atoms with Crippen molar-refractivity contribution >= 4 is 29.3 Å². The maximum absolute atomic E-state index is 12.5. The van der Waals surface area contributed by atoms with Gasteiger partial charge in [-0.1, -0.05) is 44.4 Å². The number of rotatable bonds is 11. The number of aliphatic carboxylic acids is 1. The van der Waals surface area contributed by atoms with E-state index in [-0.39, 0.29) is 18.6 Å². The van der Waals surface area contributed by atoms with Crippen LogP contribution in [-0.4, -0.2) is 28.8 Å². The molecule has 0 aromatic heterocycles. The fraction of sp³-hybridized carbons (Fsp3) is 0.526. The van der Waals surface area contributed by atoms with E-state index in [0.717, 1.165) is 19.3 Å². The Morgan fingerprint density at radius 1 is 1.12 bits per heavy atom. The molecular formula is C19H26ClNO4. The van der Waals surface area contributed by atoms with Gasteiger partial charge in [0.1, 0.15) is 0 Å². The minimum Gasteiger partial charge on any atom is -0.481 e. The first-order chi connectivity index (χ1) is 11.9. The number of carboxylic acids is 1. The monoisotopic (exact) mass is 367 g/mol. The standard InChI is InChI=1S/C19H26ClNO4/c1-3-13(4-2)8-10-17(22)16(9-11-18(23)24)21-19(25)14-6-5-7-15(20)12-14/h5-7,12-13,16H,3-4,8-11H2,1-2H3,(H,21,25)(H,23,24). The van der Waals surface area contributed by atoms with Crippen molar-refractivity contribution in [2.45, 2.75) is 58.4 Å². The van der Waals surface area contributed by atoms with Crippen LogP contribution in [0.5, 0.6) is 0 Å². The van der Waals surface area contributed by atoms with Crippen LogP contribution in [0.15, 0.2) is 24.3 Å². The van der Waals surface area contributed by atoms with E-state index in [0.29, 0.717) is 22.9 Å². The van der Waals surface area contributed by atoms with Crippen molar-refractivity contribution in [3.63, 3.8) is 0 Å². The molecule has 0 aliphatic carbocycles. The Morgan fingerprint density at radius 2 is 1.80 bits per heavy atom. The van der Waals surface area contributed by atoms with Crippen LogP contribution in [0, 0.1) is 5.92 Å². The molecule has 0 saturated heterocycles. The molecule has 1 aromatic rings. The normalized spacial score (nSPS) is 12.0. The van der Waals surface area contributed by atoms with Gasteiger partial charge in [-0.25, -0.2) is 0 Å². The number of nitrogens with one attached hydrogen (secondary N) is 1. The van der Waals surface area contributed by atoms with Crippen LogP contribution in [0.3, 0.4) is 0 Å². The van der Waals surface area contributed by atoms with E-state index in [9.17, 15) is 14.4 Å². The van der Waals surface area contributed by atoms with Crippen LogP contribution in [0.25, 0.3) is 0 Å². The zero-order valence-electron chi connectivity index (χ0n) is 14.8. The summed E-state index contributed by atoms with van der Waals surface area (Å²) in [6.45, 7) is 4.17. The number of hydrogen-bond donors (Lipinski definition) is 2. The Morgan fingerprint density at radius 3 is 2.36 bits per heavy atom. The SMILES string of the molecule is CCC(CC)CCC(=O)C(CCC(=O)O)NC(=O)c1cccc(Cl)c1. The van der Waals surface area contributed by atoms with Crippen molar-refractivity contribution in [2.75, 3.05) is 0 Å². The number of ketones is 1. The molecule has 0 spiro atoms. The summed E-state index contributed by atoms with van der Waals surface area (Å²) in [5.74, 6) is -1.07. The highest BCUT2D eigenvalue weighted by atomic mass is 35.5. The first-order valence-corrected chi connectivity index (χ1v) is 9.06. The Kier molecular flexibility index (Phi) is 9.21. The summed E-state index contributed by atoms with van der Waals surface area (Å²) in [5.41, 5.74) is 0.348. The first kappa shape index (κ1) is 21.2. The van der Waals surface area contributed by atoms with E-state index in [1.807, 2.05) is 0 Å². The molecule has 0 aliphatic rings. The van der Waals surface area contributed by atoms with Crippen molar-refractivity contribution in [1.29, 1.82) is 0 Å². The summed E-state index contributed by atoms with van der Waals surface area (Å²) in [6.07, 6.45) is 3.01. The van der Waals surface area contributed by atoms with Crippen LogP contribution in [-0.2, 0) is 9.59 Å². The van der Waals surface area contributed by atoms with Crippen molar-refractivity contribution in [2.24, 2.45) is 5.92 Å². The molecule has 25 heavy (non-hydrogen) atoms. The molecule has 1 unspecified atom stereocenters. The number of Topliss-reactive ketones (excluding diaryl/α,β-unsaturated/α-hetero) is 1. The zero-order valence-corrected chi connectivity index (χ0v) is 15.5. The van der Waals surface area contributed by atoms with Crippen molar-refractivity contribution in [3.05, 3.63) is 34.9 Å². The molecule has 1 atom stereocenters. The lowest BCUT2D eigenvalue weighted by Crippen LogP contribution is -2.41. The Balaban J connectivity index is 2.75. The molecule has 1 rings (SSSR count). The third kappa shape index (κ3) is 7.69. The predicted molar refractivity (Wildman–Crippen MR) is 97.9 cm³/mol. The molecule has 138 valence electrons. The lowest BCUT2D eigenvalue weighted by atomic mass is 9.93. The van der Waals surface area contributed by atoms with E-state index in [1.54, 1.807) is 18.2 Å². The van der Waals surface area contributed by atoms with Crippen LogP contribution >= 0.6 is 11.6 Å². The second-order valence-electron chi connectivity index (χ2n) is 6.16. The van der Waals surface area contributed by atoms with E-state index in [4.69, 9.17) is 16.7 Å². The molecule has 0 radical (unpaired) electrons. The fourth-order valence-electron chi connectivity index (χ4n) is 2.67. The quantitative estimate of drug-likeness (QED) is 0.617. The second-order valence-corrected chi connectivity index (χ2v) is 6.59. The topological polar surface area (TPSA) is 83.5 Å². The highest BCUT2D eigenvalue weighted by molar-refractivity contribution is 6.31. The first-order valence-electron chi connectivity index (χ1n) is 8.68. The second kappa shape index (κ2) is 10.9. The van der Waals surface area contributed by atoms with Crippen LogP contribution in [0.4, 0.5) is 0 Å². The molecule has 1 amide bonds. The lowest BCUT2D eigenvalue weighted by Gasteiger charge is -2.19. The third-order valence-corrected chi connectivity index (χ3v) is 4.62. The maximum atomic E-state index is 12.5. The average Bonchev–Trinajstić information content (AvgIpc) is 2.58. The smallest absolute Gasteiger partial charge is 0.303 e. The highest BCUT2D eigenvalue weighted by Crippen LogP contribution is 2.17. The number of hydrogen-bond acceptors (Lipinski definition) is 3. The van der Waals surface area contributed by atoms with Gasteiger partial charge < -0.3 is 10.4 Å². The Labute approximate surface area is 153 Å². The molecule has 0 aliphatic heterocycles. The predicted octanol–water partition coefficient (Wildman–Crippen LogP) is 4.09. The van der Waals surface area contributed by atoms with Gasteiger partial charge in [-0.2, -0.15) is 0 Å². The van der Waals surface area contributed by atoms with Gasteiger partial charge in [0.25, 0.3) is 5.91 Å². The number of carboxylic acid groups (broad SMARTS) is 1. The van der Waals surface area contributed by atoms with Gasteiger partial charge in [-0.15, -0.1) is 0 Å².